The van der Waals surface area contributed by atoms with Gasteiger partial charge in [0.15, 0.2) is 0 Å². The summed E-state index contributed by atoms with van der Waals surface area (Å²) in [5.41, 5.74) is 0.764. The lowest BCUT2D eigenvalue weighted by atomic mass is 10.1. The predicted molar refractivity (Wildman–Crippen MR) is 91.3 cm³/mol. The van der Waals surface area contributed by atoms with Crippen LogP contribution in [-0.4, -0.2) is 24.4 Å². The molecule has 0 saturated carbocycles. The van der Waals surface area contributed by atoms with E-state index >= 15 is 0 Å². The number of nitrogens with one attached hydrogen (secondary N) is 2. The van der Waals surface area contributed by atoms with Crippen LogP contribution in [0.5, 0.6) is 0 Å². The molecule has 0 aliphatic heterocycles. The van der Waals surface area contributed by atoms with E-state index in [9.17, 15) is 18.4 Å². The van der Waals surface area contributed by atoms with Crippen LogP contribution in [0.15, 0.2) is 48.5 Å². The second kappa shape index (κ2) is 8.92. The summed E-state index contributed by atoms with van der Waals surface area (Å²) in [6.07, 6.45) is 1.25. The molecule has 4 nitrogen and oxygen atoms in total. The highest BCUT2D eigenvalue weighted by Gasteiger charge is 2.13. The van der Waals surface area contributed by atoms with E-state index in [-0.39, 0.29) is 17.9 Å². The standard InChI is InChI=1S/C19H20F2N2O2/c1-2-17(23-19(25)14-5-9-16(21)10-6-14)11-12-22-18(24)13-3-7-15(20)8-4-13/h3-10,17H,2,11-12H2,1H3,(H,22,24)(H,23,25)/t17-/m0/s1. The second-order valence-corrected chi connectivity index (χ2v) is 5.64. The summed E-state index contributed by atoms with van der Waals surface area (Å²) in [6.45, 7) is 2.30. The Bertz CT molecular complexity index is 715. The lowest BCUT2D eigenvalue weighted by Crippen LogP contribution is -2.37. The summed E-state index contributed by atoms with van der Waals surface area (Å²) in [4.78, 5) is 24.1. The summed E-state index contributed by atoms with van der Waals surface area (Å²) >= 11 is 0. The largest absolute Gasteiger partial charge is 0.352 e. The Kier molecular flexibility index (Phi) is 6.62. The number of carbonyl (C=O) groups excluding carboxylic acids is 2. The van der Waals surface area contributed by atoms with Gasteiger partial charge in [-0.25, -0.2) is 8.78 Å². The fourth-order valence-corrected chi connectivity index (χ4v) is 2.31. The van der Waals surface area contributed by atoms with Gasteiger partial charge >= 0.3 is 0 Å². The van der Waals surface area contributed by atoms with Gasteiger partial charge in [0.2, 0.25) is 0 Å². The van der Waals surface area contributed by atoms with Crippen molar-refractivity contribution in [3.05, 3.63) is 71.3 Å². The maximum atomic E-state index is 12.9. The Morgan fingerprint density at radius 1 is 0.880 bits per heavy atom. The van der Waals surface area contributed by atoms with Gasteiger partial charge in [-0.2, -0.15) is 0 Å². The second-order valence-electron chi connectivity index (χ2n) is 5.64. The Hall–Kier alpha value is -2.76. The van der Waals surface area contributed by atoms with E-state index in [4.69, 9.17) is 0 Å². The van der Waals surface area contributed by atoms with Crippen LogP contribution in [-0.2, 0) is 0 Å². The summed E-state index contributed by atoms with van der Waals surface area (Å²) < 4.78 is 25.7. The van der Waals surface area contributed by atoms with E-state index in [1.54, 1.807) is 0 Å². The Balaban J connectivity index is 1.81. The number of rotatable bonds is 7. The summed E-state index contributed by atoms with van der Waals surface area (Å²) in [5, 5.41) is 5.60. The van der Waals surface area contributed by atoms with Crippen molar-refractivity contribution in [3.63, 3.8) is 0 Å². The molecule has 2 N–H and O–H groups in total. The van der Waals surface area contributed by atoms with Gasteiger partial charge in [-0.3, -0.25) is 9.59 Å². The average Bonchev–Trinajstić information content (AvgIpc) is 2.61. The molecule has 25 heavy (non-hydrogen) atoms. The molecule has 0 aromatic heterocycles. The van der Waals surface area contributed by atoms with Gasteiger partial charge in [-0.05, 0) is 61.4 Å². The smallest absolute Gasteiger partial charge is 0.251 e. The SMILES string of the molecule is CC[C@@H](CCNC(=O)c1ccc(F)cc1)NC(=O)c1ccc(F)cc1. The molecule has 2 amide bonds. The topological polar surface area (TPSA) is 58.2 Å². The third kappa shape index (κ3) is 5.67. The molecular weight excluding hydrogens is 326 g/mol. The van der Waals surface area contributed by atoms with Crippen molar-refractivity contribution in [2.24, 2.45) is 0 Å². The van der Waals surface area contributed by atoms with E-state index in [0.717, 1.165) is 0 Å². The maximum absolute atomic E-state index is 12.9. The third-order valence-corrected chi connectivity index (χ3v) is 3.82. The zero-order valence-corrected chi connectivity index (χ0v) is 13.9. The molecule has 0 fully saturated rings. The summed E-state index contributed by atoms with van der Waals surface area (Å²) in [6, 6.07) is 10.5. The summed E-state index contributed by atoms with van der Waals surface area (Å²) in [7, 11) is 0. The van der Waals surface area contributed by atoms with Crippen LogP contribution < -0.4 is 10.6 Å². The normalized spacial score (nSPS) is 11.6. The van der Waals surface area contributed by atoms with Crippen LogP contribution in [0.25, 0.3) is 0 Å². The van der Waals surface area contributed by atoms with Crippen molar-refractivity contribution in [3.8, 4) is 0 Å². The minimum Gasteiger partial charge on any atom is -0.352 e. The fourth-order valence-electron chi connectivity index (χ4n) is 2.31. The number of amides is 2. The van der Waals surface area contributed by atoms with E-state index in [0.29, 0.717) is 30.5 Å². The van der Waals surface area contributed by atoms with Gasteiger partial charge in [-0.15, -0.1) is 0 Å². The molecule has 0 saturated heterocycles. The van der Waals surface area contributed by atoms with Crippen LogP contribution in [0.3, 0.4) is 0 Å². The molecule has 0 heterocycles. The Morgan fingerprint density at radius 3 is 1.84 bits per heavy atom. The van der Waals surface area contributed by atoms with Crippen LogP contribution in [0.4, 0.5) is 8.78 Å². The van der Waals surface area contributed by atoms with Gasteiger partial charge in [-0.1, -0.05) is 6.92 Å². The highest BCUT2D eigenvalue weighted by atomic mass is 19.1. The lowest BCUT2D eigenvalue weighted by Gasteiger charge is -2.17. The van der Waals surface area contributed by atoms with Crippen LogP contribution in [0, 0.1) is 11.6 Å². The van der Waals surface area contributed by atoms with Crippen molar-refractivity contribution < 1.29 is 18.4 Å². The number of hydrogen-bond donors (Lipinski definition) is 2. The van der Waals surface area contributed by atoms with Crippen molar-refractivity contribution in [1.29, 1.82) is 0 Å². The first-order valence-electron chi connectivity index (χ1n) is 8.09. The van der Waals surface area contributed by atoms with Crippen molar-refractivity contribution in [2.75, 3.05) is 6.54 Å². The highest BCUT2D eigenvalue weighted by Crippen LogP contribution is 2.06. The highest BCUT2D eigenvalue weighted by molar-refractivity contribution is 5.94. The molecule has 0 radical (unpaired) electrons. The summed E-state index contributed by atoms with van der Waals surface area (Å²) in [5.74, 6) is -1.37. The van der Waals surface area contributed by atoms with Crippen LogP contribution in [0.2, 0.25) is 0 Å². The van der Waals surface area contributed by atoms with Crippen LogP contribution in [0.1, 0.15) is 40.5 Å². The quantitative estimate of drug-likeness (QED) is 0.808. The Morgan fingerprint density at radius 2 is 1.36 bits per heavy atom. The lowest BCUT2D eigenvalue weighted by molar-refractivity contribution is 0.0932. The monoisotopic (exact) mass is 346 g/mol. The molecule has 2 aromatic carbocycles. The van der Waals surface area contributed by atoms with E-state index in [2.05, 4.69) is 10.6 Å². The zero-order chi connectivity index (χ0) is 18.2. The first-order chi connectivity index (χ1) is 12.0. The van der Waals surface area contributed by atoms with E-state index < -0.39 is 11.6 Å². The molecule has 6 heteroatoms. The van der Waals surface area contributed by atoms with E-state index in [1.165, 1.54) is 48.5 Å². The van der Waals surface area contributed by atoms with Gasteiger partial charge < -0.3 is 10.6 Å². The molecule has 2 rings (SSSR count). The number of hydrogen-bond acceptors (Lipinski definition) is 2. The predicted octanol–water partition coefficient (Wildman–Crippen LogP) is 3.29. The minimum atomic E-state index is -0.397. The minimum absolute atomic E-state index is 0.119. The molecule has 0 spiro atoms. The first-order valence-corrected chi connectivity index (χ1v) is 8.09. The van der Waals surface area contributed by atoms with Crippen molar-refractivity contribution in [1.82, 2.24) is 10.6 Å². The first kappa shape index (κ1) is 18.6. The number of benzene rings is 2. The number of carbonyl (C=O) groups is 2. The fraction of sp³-hybridized carbons (Fsp3) is 0.263. The molecular formula is C19H20F2N2O2. The molecule has 0 unspecified atom stereocenters. The van der Waals surface area contributed by atoms with Crippen molar-refractivity contribution >= 4 is 11.8 Å². The van der Waals surface area contributed by atoms with E-state index in [1.807, 2.05) is 6.92 Å². The molecule has 1 atom stereocenters. The zero-order valence-electron chi connectivity index (χ0n) is 13.9. The molecule has 0 aliphatic rings. The average molecular weight is 346 g/mol. The molecule has 132 valence electrons. The molecule has 0 bridgehead atoms. The maximum Gasteiger partial charge on any atom is 0.251 e. The van der Waals surface area contributed by atoms with Gasteiger partial charge in [0.05, 0.1) is 0 Å². The number of halogens is 2. The van der Waals surface area contributed by atoms with Crippen molar-refractivity contribution in [2.45, 2.75) is 25.8 Å². The molecule has 2 aromatic rings. The third-order valence-electron chi connectivity index (χ3n) is 3.82. The van der Waals surface area contributed by atoms with Gasteiger partial charge in [0, 0.05) is 23.7 Å². The molecule has 0 aliphatic carbocycles. The van der Waals surface area contributed by atoms with Gasteiger partial charge in [0.25, 0.3) is 11.8 Å². The Labute approximate surface area is 145 Å². The van der Waals surface area contributed by atoms with Gasteiger partial charge in [0.1, 0.15) is 11.6 Å². The van der Waals surface area contributed by atoms with Crippen LogP contribution >= 0.6 is 0 Å².